The zero-order valence-corrected chi connectivity index (χ0v) is 29.8. The standard InChI is InChI=1S/C19H20N8O.C18H19N7O/c1-26-4-6-27(7-5-26)19(28)16-9-14-17(20-11-21-18(14)24-16)23-13-2-3-15-12(8-13)10-22-25-15;1-2-3-6-19-18(26)15-8-13-16(20-10-21-17(13)24-15)23-12-4-5-14-11(7-12)9-22-25-14/h2-3,8-11H,4-7H2,1H3,(H,22,25)(H2,20,21,23,24);4-5,7-10H,2-3,6H2,1H3,(H,19,26)(H,22,25)(H2,20,21,23,24). The summed E-state index contributed by atoms with van der Waals surface area (Å²) >= 11 is 0. The Bertz CT molecular complexity index is 2580. The normalized spacial score (nSPS) is 13.3. The smallest absolute Gasteiger partial charge is 0.270 e. The molecule has 1 aliphatic heterocycles. The number of fused-ring (bicyclic) bond motifs is 4. The van der Waals surface area contributed by atoms with Crippen LogP contribution >= 0.6 is 0 Å². The molecule has 6 aromatic heterocycles. The fourth-order valence-corrected chi connectivity index (χ4v) is 6.28. The van der Waals surface area contributed by atoms with Crippen LogP contribution in [0.4, 0.5) is 23.0 Å². The predicted molar refractivity (Wildman–Crippen MR) is 207 cm³/mol. The van der Waals surface area contributed by atoms with Gasteiger partial charge >= 0.3 is 0 Å². The number of nitrogens with one attached hydrogen (secondary N) is 7. The molecule has 17 nitrogen and oxygen atoms in total. The van der Waals surface area contributed by atoms with Crippen molar-refractivity contribution in [2.75, 3.05) is 50.4 Å². The lowest BCUT2D eigenvalue weighted by atomic mass is 10.2. The van der Waals surface area contributed by atoms with Crippen LogP contribution in [0, 0.1) is 0 Å². The summed E-state index contributed by atoms with van der Waals surface area (Å²) in [4.78, 5) is 52.6. The highest BCUT2D eigenvalue weighted by atomic mass is 16.2. The summed E-state index contributed by atoms with van der Waals surface area (Å²) in [5.74, 6) is 1.15. The van der Waals surface area contributed by atoms with Gasteiger partial charge in [0.25, 0.3) is 11.8 Å². The van der Waals surface area contributed by atoms with Gasteiger partial charge in [-0.2, -0.15) is 10.2 Å². The van der Waals surface area contributed by atoms with Gasteiger partial charge in [0.2, 0.25) is 0 Å². The van der Waals surface area contributed by atoms with Crippen LogP contribution in [0.15, 0.2) is 73.6 Å². The Hall–Kier alpha value is -6.88. The Morgan fingerprint density at radius 2 is 1.28 bits per heavy atom. The van der Waals surface area contributed by atoms with E-state index in [0.717, 1.165) is 83.0 Å². The summed E-state index contributed by atoms with van der Waals surface area (Å²) in [5.41, 5.74) is 5.98. The van der Waals surface area contributed by atoms with Gasteiger partial charge in [0.15, 0.2) is 0 Å². The fourth-order valence-electron chi connectivity index (χ4n) is 6.28. The lowest BCUT2D eigenvalue weighted by molar-refractivity contribution is 0.0659. The van der Waals surface area contributed by atoms with Gasteiger partial charge < -0.3 is 35.7 Å². The molecular weight excluding hydrogens is 687 g/mol. The molecule has 0 radical (unpaired) electrons. The van der Waals surface area contributed by atoms with Crippen LogP contribution in [0.3, 0.4) is 0 Å². The van der Waals surface area contributed by atoms with Gasteiger partial charge in [0.05, 0.1) is 34.2 Å². The van der Waals surface area contributed by atoms with Gasteiger partial charge in [-0.05, 0) is 62.0 Å². The largest absolute Gasteiger partial charge is 0.351 e. The summed E-state index contributed by atoms with van der Waals surface area (Å²) in [6.45, 7) is 5.97. The summed E-state index contributed by atoms with van der Waals surface area (Å²) in [5, 5.41) is 27.0. The first-order valence-corrected chi connectivity index (χ1v) is 17.8. The third kappa shape index (κ3) is 7.24. The average Bonchev–Trinajstić information content (AvgIpc) is 4.01. The number of anilines is 4. The molecule has 0 unspecified atom stereocenters. The van der Waals surface area contributed by atoms with E-state index in [1.54, 1.807) is 18.5 Å². The van der Waals surface area contributed by atoms with E-state index in [-0.39, 0.29) is 11.8 Å². The van der Waals surface area contributed by atoms with Crippen LogP contribution in [-0.2, 0) is 0 Å². The third-order valence-corrected chi connectivity index (χ3v) is 9.34. The molecule has 274 valence electrons. The maximum Gasteiger partial charge on any atom is 0.270 e. The molecular formula is C37H39N15O2. The monoisotopic (exact) mass is 725 g/mol. The Morgan fingerprint density at radius 1 is 0.722 bits per heavy atom. The van der Waals surface area contributed by atoms with E-state index >= 15 is 0 Å². The number of carbonyl (C=O) groups is 2. The number of nitrogens with zero attached hydrogens (tertiary/aromatic N) is 8. The molecule has 7 heterocycles. The van der Waals surface area contributed by atoms with Crippen LogP contribution in [0.25, 0.3) is 43.9 Å². The zero-order valence-electron chi connectivity index (χ0n) is 29.8. The van der Waals surface area contributed by atoms with Gasteiger partial charge in [-0.1, -0.05) is 13.3 Å². The lowest BCUT2D eigenvalue weighted by Crippen LogP contribution is -2.47. The second-order valence-electron chi connectivity index (χ2n) is 13.1. The molecule has 8 aromatic rings. The highest BCUT2D eigenvalue weighted by Gasteiger charge is 2.23. The third-order valence-electron chi connectivity index (χ3n) is 9.34. The predicted octanol–water partition coefficient (Wildman–Crippen LogP) is 5.07. The Kier molecular flexibility index (Phi) is 9.50. The minimum atomic E-state index is -0.137. The molecule has 54 heavy (non-hydrogen) atoms. The number of carbonyl (C=O) groups excluding carboxylic acids is 2. The van der Waals surface area contributed by atoms with Crippen molar-refractivity contribution in [2.45, 2.75) is 19.8 Å². The highest BCUT2D eigenvalue weighted by Crippen LogP contribution is 2.27. The Labute approximate surface area is 308 Å². The van der Waals surface area contributed by atoms with Gasteiger partial charge in [-0.25, -0.2) is 19.9 Å². The van der Waals surface area contributed by atoms with Crippen molar-refractivity contribution in [3.63, 3.8) is 0 Å². The number of piperazine rings is 1. The summed E-state index contributed by atoms with van der Waals surface area (Å²) in [6, 6.07) is 15.4. The SMILES string of the molecule is CCCCNC(=O)c1cc2c(Nc3ccc4[nH]ncc4c3)ncnc2[nH]1.CN1CCN(C(=O)c2cc3c(Nc4ccc5[nH]ncc5c4)ncnc3[nH]2)CC1. The summed E-state index contributed by atoms with van der Waals surface area (Å²) < 4.78 is 0. The van der Waals surface area contributed by atoms with E-state index in [2.05, 4.69) is 85.1 Å². The quantitative estimate of drug-likeness (QED) is 0.0975. The first-order chi connectivity index (χ1) is 26.4. The number of rotatable bonds is 9. The minimum Gasteiger partial charge on any atom is -0.351 e. The fraction of sp³-hybridized carbons (Fsp3) is 0.243. The van der Waals surface area contributed by atoms with Crippen molar-refractivity contribution in [1.82, 2.24) is 65.4 Å². The molecule has 1 saturated heterocycles. The van der Waals surface area contributed by atoms with Crippen molar-refractivity contribution in [3.05, 3.63) is 85.0 Å². The molecule has 2 amide bonds. The molecule has 0 aliphatic carbocycles. The van der Waals surface area contributed by atoms with E-state index in [0.29, 0.717) is 40.9 Å². The first kappa shape index (κ1) is 34.2. The number of amides is 2. The Balaban J connectivity index is 0.000000154. The van der Waals surface area contributed by atoms with E-state index in [9.17, 15) is 9.59 Å². The number of likely N-dealkylation sites (N-methyl/N-ethyl adjacent to an activating group) is 1. The van der Waals surface area contributed by atoms with Gasteiger partial charge in [-0.3, -0.25) is 19.8 Å². The number of unbranched alkanes of at least 4 members (excludes halogenated alkanes) is 1. The highest BCUT2D eigenvalue weighted by molar-refractivity contribution is 6.01. The van der Waals surface area contributed by atoms with Crippen molar-refractivity contribution in [3.8, 4) is 0 Å². The van der Waals surface area contributed by atoms with Crippen LogP contribution in [-0.4, -0.2) is 112 Å². The van der Waals surface area contributed by atoms with Crippen molar-refractivity contribution >= 4 is 78.7 Å². The molecule has 0 saturated carbocycles. The molecule has 7 N–H and O–H groups in total. The first-order valence-electron chi connectivity index (χ1n) is 17.8. The molecule has 9 rings (SSSR count). The maximum absolute atomic E-state index is 12.9. The summed E-state index contributed by atoms with van der Waals surface area (Å²) in [7, 11) is 2.07. The lowest BCUT2D eigenvalue weighted by Gasteiger charge is -2.32. The molecule has 0 spiro atoms. The van der Waals surface area contributed by atoms with Gasteiger partial charge in [-0.15, -0.1) is 0 Å². The number of hydrogen-bond donors (Lipinski definition) is 7. The van der Waals surface area contributed by atoms with Crippen LogP contribution in [0.1, 0.15) is 40.7 Å². The molecule has 0 atom stereocenters. The maximum atomic E-state index is 12.9. The van der Waals surface area contributed by atoms with Crippen molar-refractivity contribution in [1.29, 1.82) is 0 Å². The number of benzene rings is 2. The second-order valence-corrected chi connectivity index (χ2v) is 13.1. The van der Waals surface area contributed by atoms with E-state index in [1.165, 1.54) is 12.7 Å². The molecule has 1 fully saturated rings. The van der Waals surface area contributed by atoms with Gasteiger partial charge in [0.1, 0.15) is 47.0 Å². The number of H-pyrrole nitrogens is 4. The van der Waals surface area contributed by atoms with E-state index < -0.39 is 0 Å². The number of hydrogen-bond acceptors (Lipinski definition) is 11. The molecule has 0 bridgehead atoms. The molecule has 2 aromatic carbocycles. The van der Waals surface area contributed by atoms with Crippen molar-refractivity contribution < 1.29 is 9.59 Å². The second kappa shape index (κ2) is 15.0. The van der Waals surface area contributed by atoms with Crippen LogP contribution in [0.2, 0.25) is 0 Å². The zero-order chi connectivity index (χ0) is 37.0. The van der Waals surface area contributed by atoms with Crippen LogP contribution in [0.5, 0.6) is 0 Å². The molecule has 17 heteroatoms. The molecule has 1 aliphatic rings. The van der Waals surface area contributed by atoms with Crippen molar-refractivity contribution in [2.24, 2.45) is 0 Å². The van der Waals surface area contributed by atoms with Gasteiger partial charge in [0, 0.05) is 54.9 Å². The Morgan fingerprint density at radius 3 is 1.85 bits per heavy atom. The van der Waals surface area contributed by atoms with E-state index in [1.807, 2.05) is 47.4 Å². The minimum absolute atomic E-state index is 0.00290. The summed E-state index contributed by atoms with van der Waals surface area (Å²) in [6.07, 6.45) is 8.49. The number of aromatic nitrogens is 10. The topological polar surface area (TPSA) is 217 Å². The van der Waals surface area contributed by atoms with E-state index in [4.69, 9.17) is 0 Å². The average molecular weight is 726 g/mol. The number of aromatic amines is 4. The van der Waals surface area contributed by atoms with Crippen LogP contribution < -0.4 is 16.0 Å².